The summed E-state index contributed by atoms with van der Waals surface area (Å²) in [5.74, 6) is 0.423. The molecule has 25 heavy (non-hydrogen) atoms. The van der Waals surface area contributed by atoms with Crippen LogP contribution in [0, 0.1) is 12.7 Å². The van der Waals surface area contributed by atoms with Crippen LogP contribution in [0.5, 0.6) is 11.5 Å². The molecule has 1 heterocycles. The van der Waals surface area contributed by atoms with Crippen molar-refractivity contribution in [2.45, 2.75) is 32.1 Å². The lowest BCUT2D eigenvalue weighted by atomic mass is 10.0. The first-order chi connectivity index (χ1) is 12.0. The lowest BCUT2D eigenvalue weighted by Crippen LogP contribution is -2.48. The summed E-state index contributed by atoms with van der Waals surface area (Å²) in [6, 6.07) is 12.6. The predicted octanol–water partition coefficient (Wildman–Crippen LogP) is 3.16. The Hall–Kier alpha value is -2.11. The van der Waals surface area contributed by atoms with Gasteiger partial charge in [0.15, 0.2) is 11.5 Å². The molecule has 0 aromatic heterocycles. The van der Waals surface area contributed by atoms with Crippen LogP contribution in [0.2, 0.25) is 0 Å². The number of benzene rings is 2. The number of aliphatic hydroxyl groups excluding tert-OH is 1. The Morgan fingerprint density at radius 3 is 2.76 bits per heavy atom. The molecular formula is C20H24FNO3. The first-order valence-electron chi connectivity index (χ1n) is 8.51. The third-order valence-electron chi connectivity index (χ3n) is 4.50. The average molecular weight is 345 g/mol. The van der Waals surface area contributed by atoms with Crippen molar-refractivity contribution in [2.75, 3.05) is 20.2 Å². The molecule has 0 bridgehead atoms. The highest BCUT2D eigenvalue weighted by Crippen LogP contribution is 2.30. The van der Waals surface area contributed by atoms with Gasteiger partial charge in [0.25, 0.3) is 0 Å². The largest absolute Gasteiger partial charge is 0.493 e. The SMILES string of the molecule is COc1cc(F)ccc1O[C@@H]1CCN(Cc2cccc(C)c2)C[C@H]1O. The van der Waals surface area contributed by atoms with Crippen molar-refractivity contribution < 1.29 is 19.0 Å². The number of methoxy groups -OCH3 is 1. The molecule has 1 saturated heterocycles. The summed E-state index contributed by atoms with van der Waals surface area (Å²) in [5, 5.41) is 10.5. The van der Waals surface area contributed by atoms with Gasteiger partial charge in [-0.05, 0) is 31.0 Å². The van der Waals surface area contributed by atoms with Gasteiger partial charge < -0.3 is 14.6 Å². The van der Waals surface area contributed by atoms with Crippen LogP contribution in [0.15, 0.2) is 42.5 Å². The Morgan fingerprint density at radius 1 is 1.20 bits per heavy atom. The van der Waals surface area contributed by atoms with E-state index < -0.39 is 6.10 Å². The van der Waals surface area contributed by atoms with Gasteiger partial charge in [0.05, 0.1) is 7.11 Å². The maximum atomic E-state index is 13.3. The summed E-state index contributed by atoms with van der Waals surface area (Å²) in [6.07, 6.45) is -0.227. The van der Waals surface area contributed by atoms with Gasteiger partial charge in [0.1, 0.15) is 18.0 Å². The molecule has 0 aliphatic carbocycles. The zero-order chi connectivity index (χ0) is 17.8. The van der Waals surface area contributed by atoms with Crippen molar-refractivity contribution >= 4 is 0 Å². The van der Waals surface area contributed by atoms with Crippen LogP contribution in [0.3, 0.4) is 0 Å². The normalized spacial score (nSPS) is 21.1. The van der Waals surface area contributed by atoms with Gasteiger partial charge in [-0.2, -0.15) is 0 Å². The van der Waals surface area contributed by atoms with Crippen LogP contribution in [0.4, 0.5) is 4.39 Å². The Bertz CT molecular complexity index is 722. The van der Waals surface area contributed by atoms with E-state index in [9.17, 15) is 9.50 Å². The van der Waals surface area contributed by atoms with Gasteiger partial charge in [-0.25, -0.2) is 4.39 Å². The lowest BCUT2D eigenvalue weighted by molar-refractivity contribution is -0.0283. The maximum Gasteiger partial charge on any atom is 0.163 e. The standard InChI is InChI=1S/C20H24FNO3/c1-14-4-3-5-15(10-14)12-22-9-8-18(17(23)13-22)25-19-7-6-16(21)11-20(19)24-2/h3-7,10-11,17-18,23H,8-9,12-13H2,1-2H3/t17-,18-/m1/s1. The van der Waals surface area contributed by atoms with Gasteiger partial charge >= 0.3 is 0 Å². The molecule has 4 nitrogen and oxygen atoms in total. The van der Waals surface area contributed by atoms with E-state index >= 15 is 0 Å². The molecule has 2 atom stereocenters. The molecule has 2 aromatic carbocycles. The van der Waals surface area contributed by atoms with Crippen LogP contribution in [0.1, 0.15) is 17.5 Å². The third-order valence-corrected chi connectivity index (χ3v) is 4.50. The second kappa shape index (κ2) is 7.85. The number of β-amino-alcohol motifs (C(OH)–C–C–N with tert-alkyl or cyclic N) is 1. The molecule has 1 fully saturated rings. The van der Waals surface area contributed by atoms with Gasteiger partial charge in [0, 0.05) is 25.7 Å². The van der Waals surface area contributed by atoms with E-state index in [1.807, 2.05) is 0 Å². The van der Waals surface area contributed by atoms with Crippen molar-refractivity contribution in [3.8, 4) is 11.5 Å². The number of piperidine rings is 1. The van der Waals surface area contributed by atoms with Crippen LogP contribution < -0.4 is 9.47 Å². The molecular weight excluding hydrogens is 321 g/mol. The number of rotatable bonds is 5. The quantitative estimate of drug-likeness (QED) is 0.904. The highest BCUT2D eigenvalue weighted by Gasteiger charge is 2.30. The van der Waals surface area contributed by atoms with E-state index in [0.717, 1.165) is 13.1 Å². The van der Waals surface area contributed by atoms with E-state index in [2.05, 4.69) is 36.1 Å². The minimum Gasteiger partial charge on any atom is -0.493 e. The van der Waals surface area contributed by atoms with Crippen LogP contribution in [0.25, 0.3) is 0 Å². The molecule has 134 valence electrons. The first-order valence-corrected chi connectivity index (χ1v) is 8.51. The molecule has 0 saturated carbocycles. The lowest BCUT2D eigenvalue weighted by Gasteiger charge is -2.36. The van der Waals surface area contributed by atoms with E-state index in [1.54, 1.807) is 6.07 Å². The first kappa shape index (κ1) is 17.7. The summed E-state index contributed by atoms with van der Waals surface area (Å²) in [7, 11) is 1.47. The Labute approximate surface area is 147 Å². The van der Waals surface area contributed by atoms with Crippen molar-refractivity contribution in [1.29, 1.82) is 0 Å². The second-order valence-corrected chi connectivity index (χ2v) is 6.53. The number of halogens is 1. The molecule has 0 spiro atoms. The smallest absolute Gasteiger partial charge is 0.163 e. The van der Waals surface area contributed by atoms with Crippen molar-refractivity contribution in [3.05, 3.63) is 59.4 Å². The number of likely N-dealkylation sites (tertiary alicyclic amines) is 1. The monoisotopic (exact) mass is 345 g/mol. The molecule has 0 amide bonds. The molecule has 5 heteroatoms. The van der Waals surface area contributed by atoms with Crippen LogP contribution in [-0.2, 0) is 6.54 Å². The molecule has 1 aliphatic heterocycles. The molecule has 0 unspecified atom stereocenters. The number of ether oxygens (including phenoxy) is 2. The summed E-state index contributed by atoms with van der Waals surface area (Å²) in [4.78, 5) is 2.22. The fourth-order valence-electron chi connectivity index (χ4n) is 3.23. The highest BCUT2D eigenvalue weighted by atomic mass is 19.1. The molecule has 1 N–H and O–H groups in total. The molecule has 2 aromatic rings. The number of hydrogen-bond acceptors (Lipinski definition) is 4. The predicted molar refractivity (Wildman–Crippen MR) is 94.4 cm³/mol. The number of aliphatic hydroxyl groups is 1. The van der Waals surface area contributed by atoms with E-state index in [0.29, 0.717) is 24.5 Å². The van der Waals surface area contributed by atoms with Gasteiger partial charge in [-0.1, -0.05) is 29.8 Å². The van der Waals surface area contributed by atoms with E-state index in [4.69, 9.17) is 9.47 Å². The van der Waals surface area contributed by atoms with Crippen molar-refractivity contribution in [3.63, 3.8) is 0 Å². The highest BCUT2D eigenvalue weighted by molar-refractivity contribution is 5.40. The Morgan fingerprint density at radius 2 is 2.04 bits per heavy atom. The van der Waals surface area contributed by atoms with Crippen molar-refractivity contribution in [1.82, 2.24) is 4.90 Å². The Balaban J connectivity index is 1.60. The number of hydrogen-bond donors (Lipinski definition) is 1. The van der Waals surface area contributed by atoms with Gasteiger partial charge in [-0.3, -0.25) is 4.90 Å². The average Bonchev–Trinajstić information content (AvgIpc) is 2.58. The van der Waals surface area contributed by atoms with E-state index in [1.165, 1.54) is 30.4 Å². The topological polar surface area (TPSA) is 41.9 Å². The maximum absolute atomic E-state index is 13.3. The second-order valence-electron chi connectivity index (χ2n) is 6.53. The fraction of sp³-hybridized carbons (Fsp3) is 0.400. The zero-order valence-corrected chi connectivity index (χ0v) is 14.6. The van der Waals surface area contributed by atoms with Crippen LogP contribution in [-0.4, -0.2) is 42.4 Å². The summed E-state index contributed by atoms with van der Waals surface area (Å²) in [5.41, 5.74) is 2.48. The number of aryl methyl sites for hydroxylation is 1. The van der Waals surface area contributed by atoms with Crippen LogP contribution >= 0.6 is 0 Å². The van der Waals surface area contributed by atoms with Crippen molar-refractivity contribution in [2.24, 2.45) is 0 Å². The Kier molecular flexibility index (Phi) is 5.56. The minimum absolute atomic E-state index is 0.326. The fourth-order valence-corrected chi connectivity index (χ4v) is 3.23. The number of nitrogens with zero attached hydrogens (tertiary/aromatic N) is 1. The third kappa shape index (κ3) is 4.50. The summed E-state index contributed by atoms with van der Waals surface area (Å²) in [6.45, 7) is 4.27. The molecule has 0 radical (unpaired) electrons. The van der Waals surface area contributed by atoms with Gasteiger partial charge in [-0.15, -0.1) is 0 Å². The summed E-state index contributed by atoms with van der Waals surface area (Å²) >= 11 is 0. The van der Waals surface area contributed by atoms with E-state index in [-0.39, 0.29) is 11.9 Å². The van der Waals surface area contributed by atoms with Gasteiger partial charge in [0.2, 0.25) is 0 Å². The minimum atomic E-state index is -0.603. The zero-order valence-electron chi connectivity index (χ0n) is 14.6. The molecule has 3 rings (SSSR count). The summed E-state index contributed by atoms with van der Waals surface area (Å²) < 4.78 is 24.3. The molecule has 1 aliphatic rings.